The summed E-state index contributed by atoms with van der Waals surface area (Å²) in [4.78, 5) is 0. The fourth-order valence-corrected chi connectivity index (χ4v) is 0. The fourth-order valence-electron chi connectivity index (χ4n) is 0. The summed E-state index contributed by atoms with van der Waals surface area (Å²) in [5.74, 6) is 0. The molecule has 0 bridgehead atoms. The quantitative estimate of drug-likeness (QED) is 0.279. The second-order valence-corrected chi connectivity index (χ2v) is 0.289. The summed E-state index contributed by atoms with van der Waals surface area (Å²) in [6, 6.07) is 0. The van der Waals surface area contributed by atoms with Crippen molar-refractivity contribution in [1.82, 2.24) is 0 Å². The molecule has 0 fully saturated rings. The van der Waals surface area contributed by atoms with E-state index in [0.29, 0.717) is 0 Å². The van der Waals surface area contributed by atoms with E-state index in [4.69, 9.17) is 15.1 Å². The Morgan fingerprint density at radius 1 is 1.20 bits per heavy atom. The monoisotopic (exact) mass is 84.0 g/mol. The Morgan fingerprint density at radius 3 is 1.20 bits per heavy atom. The molecule has 0 unspecified atom stereocenters. The molecule has 3 nitrogen and oxygen atoms in total. The zero-order valence-corrected chi connectivity index (χ0v) is 3.92. The van der Waals surface area contributed by atoms with Crippen LogP contribution in [0.3, 0.4) is 0 Å². The molecule has 0 saturated heterocycles. The third-order valence-corrected chi connectivity index (χ3v) is 0. The summed E-state index contributed by atoms with van der Waals surface area (Å²) in [6.07, 6.45) is 0. The van der Waals surface area contributed by atoms with Gasteiger partial charge in [-0.3, -0.25) is 7.32 Å². The maximum atomic E-state index is 8.42. The summed E-state index contributed by atoms with van der Waals surface area (Å²) < 4.78 is 0. The first-order chi connectivity index (χ1) is 1.73. The first kappa shape index (κ1) is 9.20. The van der Waals surface area contributed by atoms with Gasteiger partial charge in [0.25, 0.3) is 0 Å². The van der Waals surface area contributed by atoms with Gasteiger partial charge in [0.05, 0.1) is 0 Å². The van der Waals surface area contributed by atoms with Gasteiger partial charge >= 0.3 is 24.5 Å². The van der Waals surface area contributed by atoms with E-state index in [1.807, 2.05) is 0 Å². The molecule has 0 saturated carbocycles. The Morgan fingerprint density at radius 2 is 1.20 bits per heavy atom. The van der Waals surface area contributed by atoms with E-state index in [1.54, 1.807) is 0 Å². The average molecular weight is 84.1 g/mol. The van der Waals surface area contributed by atoms with E-state index >= 15 is 0 Å². The first-order valence-electron chi connectivity index (χ1n) is 0.707. The minimum Gasteiger partial charge on any atom is -0.907 e. The van der Waals surface area contributed by atoms with Crippen LogP contribution < -0.4 is 15.1 Å². The normalized spacial score (nSPS) is 5.40. The van der Waals surface area contributed by atoms with Crippen molar-refractivity contribution in [2.75, 3.05) is 0 Å². The van der Waals surface area contributed by atoms with Gasteiger partial charge in [-0.25, -0.2) is 0 Å². The second kappa shape index (κ2) is 4.71. The molecule has 0 aliphatic rings. The van der Waals surface area contributed by atoms with Crippen LogP contribution >= 0.6 is 0 Å². The van der Waals surface area contributed by atoms with Crippen molar-refractivity contribution >= 4 is 30.4 Å². The van der Waals surface area contributed by atoms with Crippen LogP contribution in [0.1, 0.15) is 1.43 Å². The molecular weight excluding hydrogens is 83.1 g/mol. The predicted octanol–water partition coefficient (Wildman–Crippen LogP) is -4.22. The van der Waals surface area contributed by atoms with Gasteiger partial charge in [-0.2, -0.15) is 0 Å². The van der Waals surface area contributed by atoms with E-state index in [9.17, 15) is 0 Å². The molecular formula is HBMgO3. The minimum absolute atomic E-state index is 0. The molecule has 0 aliphatic heterocycles. The Balaban J connectivity index is -0.0000000450. The van der Waals surface area contributed by atoms with Gasteiger partial charge in [0.15, 0.2) is 0 Å². The molecule has 0 heterocycles. The van der Waals surface area contributed by atoms with Crippen molar-refractivity contribution < 1.29 is 16.5 Å². The molecule has 5 heavy (non-hydrogen) atoms. The number of hydrogen-bond donors (Lipinski definition) is 0. The van der Waals surface area contributed by atoms with Crippen molar-refractivity contribution in [2.45, 2.75) is 0 Å². The van der Waals surface area contributed by atoms with E-state index in [0.717, 1.165) is 0 Å². The first-order valence-corrected chi connectivity index (χ1v) is 0.707. The van der Waals surface area contributed by atoms with Crippen LogP contribution in [0.2, 0.25) is 0 Å². The maximum absolute atomic E-state index is 8.42. The molecule has 24 valence electrons. The van der Waals surface area contributed by atoms with Crippen molar-refractivity contribution in [3.8, 4) is 0 Å². The van der Waals surface area contributed by atoms with E-state index < -0.39 is 7.32 Å². The number of rotatable bonds is 0. The molecule has 0 aliphatic carbocycles. The summed E-state index contributed by atoms with van der Waals surface area (Å²) >= 11 is 0. The van der Waals surface area contributed by atoms with Gasteiger partial charge in [0, 0.05) is 0 Å². The molecule has 0 aromatic carbocycles. The van der Waals surface area contributed by atoms with E-state index in [-0.39, 0.29) is 24.5 Å². The molecule has 0 spiro atoms. The minimum atomic E-state index is -2.92. The standard InChI is InChI=1S/BO3.Mg/c2-1(3)4;/q-3;+2/p+1. The van der Waals surface area contributed by atoms with Crippen LogP contribution in [0, 0.1) is 0 Å². The fraction of sp³-hybridized carbons (Fsp3) is 0. The molecule has 5 heteroatoms. The van der Waals surface area contributed by atoms with Crippen LogP contribution in [0.5, 0.6) is 0 Å². The summed E-state index contributed by atoms with van der Waals surface area (Å²) in [5.41, 5.74) is 0. The Bertz CT molecular complexity index is 15.5. The van der Waals surface area contributed by atoms with Crippen LogP contribution in [0.4, 0.5) is 0 Å². The van der Waals surface area contributed by atoms with Crippen LogP contribution in [0.25, 0.3) is 0 Å². The average Bonchev–Trinajstić information content (AvgIpc) is 0.811. The van der Waals surface area contributed by atoms with Crippen molar-refractivity contribution in [3.05, 3.63) is 0 Å². The zero-order valence-electron chi connectivity index (χ0n) is 3.51. The predicted molar refractivity (Wildman–Crippen MR) is 12.6 cm³/mol. The van der Waals surface area contributed by atoms with Gasteiger partial charge in [0.1, 0.15) is 0 Å². The zero-order chi connectivity index (χ0) is 3.58. The Labute approximate surface area is 47.4 Å². The van der Waals surface area contributed by atoms with Crippen LogP contribution in [-0.4, -0.2) is 30.4 Å². The van der Waals surface area contributed by atoms with Crippen LogP contribution in [-0.2, 0) is 0 Å². The van der Waals surface area contributed by atoms with Gasteiger partial charge in [0.2, 0.25) is 0 Å². The van der Waals surface area contributed by atoms with Gasteiger partial charge in [-0.1, -0.05) is 0 Å². The molecule has 0 radical (unpaired) electrons. The second-order valence-electron chi connectivity index (χ2n) is 0.289. The van der Waals surface area contributed by atoms with E-state index in [2.05, 4.69) is 0 Å². The van der Waals surface area contributed by atoms with Crippen LogP contribution in [0.15, 0.2) is 0 Å². The molecule has 0 aromatic heterocycles. The molecule has 0 amide bonds. The summed E-state index contributed by atoms with van der Waals surface area (Å²) in [5, 5.41) is 25.2. The van der Waals surface area contributed by atoms with Crippen molar-refractivity contribution in [3.63, 3.8) is 0 Å². The van der Waals surface area contributed by atoms with Crippen molar-refractivity contribution in [1.29, 1.82) is 0 Å². The third-order valence-electron chi connectivity index (χ3n) is 0. The number of hydrogen-bond acceptors (Lipinski definition) is 3. The van der Waals surface area contributed by atoms with Gasteiger partial charge in [-0.05, 0) is 0 Å². The molecule has 0 rings (SSSR count). The van der Waals surface area contributed by atoms with Crippen molar-refractivity contribution in [2.24, 2.45) is 0 Å². The summed E-state index contributed by atoms with van der Waals surface area (Å²) in [7, 11) is -2.92. The maximum Gasteiger partial charge on any atom is 2.00 e. The van der Waals surface area contributed by atoms with Gasteiger partial charge in [-0.15, -0.1) is 0 Å². The Kier molecular flexibility index (Phi) is 8.67. The smallest absolute Gasteiger partial charge is 0.907 e. The summed E-state index contributed by atoms with van der Waals surface area (Å²) in [6.45, 7) is 0. The van der Waals surface area contributed by atoms with E-state index in [1.165, 1.54) is 0 Å². The molecule has 0 N–H and O–H groups in total. The third kappa shape index (κ3) is 68.5. The Hall–Kier alpha value is 0.711. The molecule has 0 aromatic rings. The molecule has 0 atom stereocenters. The topological polar surface area (TPSA) is 69.2 Å². The van der Waals surface area contributed by atoms with Gasteiger partial charge < -0.3 is 15.1 Å². The largest absolute Gasteiger partial charge is 2.00 e. The SMILES string of the molecule is [H+].[Mg+2].[O-]B([O-])[O-].